The molecule has 0 spiro atoms. The number of hydrogen-bond acceptors (Lipinski definition) is 6. The molecule has 1 saturated heterocycles. The van der Waals surface area contributed by atoms with Crippen molar-refractivity contribution in [3.05, 3.63) is 53.9 Å². The van der Waals surface area contributed by atoms with E-state index >= 15 is 0 Å². The van der Waals surface area contributed by atoms with E-state index in [1.807, 2.05) is 23.2 Å². The van der Waals surface area contributed by atoms with Crippen molar-refractivity contribution in [2.45, 2.75) is 31.8 Å². The van der Waals surface area contributed by atoms with Crippen LogP contribution in [0.2, 0.25) is 0 Å². The maximum absolute atomic E-state index is 12.9. The van der Waals surface area contributed by atoms with Crippen molar-refractivity contribution >= 4 is 17.7 Å². The molecule has 0 saturated carbocycles. The quantitative estimate of drug-likeness (QED) is 0.515. The van der Waals surface area contributed by atoms with Crippen molar-refractivity contribution in [2.24, 2.45) is 0 Å². The van der Waals surface area contributed by atoms with Crippen LogP contribution in [-0.2, 0) is 17.6 Å². The van der Waals surface area contributed by atoms with E-state index in [4.69, 9.17) is 0 Å². The average molecular weight is 451 g/mol. The first-order valence-electron chi connectivity index (χ1n) is 11.2. The monoisotopic (exact) mass is 450 g/mol. The number of carbonyl (C=O) groups is 1. The third kappa shape index (κ3) is 4.71. The fourth-order valence-electron chi connectivity index (χ4n) is 4.02. The lowest BCUT2D eigenvalue weighted by Crippen LogP contribution is -2.47. The van der Waals surface area contributed by atoms with Crippen LogP contribution in [0.1, 0.15) is 25.0 Å². The highest BCUT2D eigenvalue weighted by molar-refractivity contribution is 7.99. The first kappa shape index (κ1) is 22.5. The zero-order valence-electron chi connectivity index (χ0n) is 19.0. The predicted octanol–water partition coefficient (Wildman–Crippen LogP) is 3.32. The van der Waals surface area contributed by atoms with Crippen LogP contribution >= 0.6 is 11.8 Å². The van der Waals surface area contributed by atoms with Gasteiger partial charge in [0, 0.05) is 44.1 Å². The molecule has 168 valence electrons. The molecule has 3 aromatic rings. The van der Waals surface area contributed by atoms with Gasteiger partial charge in [0.1, 0.15) is 0 Å². The molecule has 0 N–H and O–H groups in total. The summed E-state index contributed by atoms with van der Waals surface area (Å²) in [5.41, 5.74) is 4.50. The molecule has 32 heavy (non-hydrogen) atoms. The number of thioether (sulfide) groups is 1. The molecule has 2 aromatic heterocycles. The van der Waals surface area contributed by atoms with Crippen LogP contribution in [0.25, 0.3) is 17.1 Å². The molecule has 0 unspecified atom stereocenters. The van der Waals surface area contributed by atoms with E-state index in [1.165, 1.54) is 22.9 Å². The number of pyridine rings is 1. The van der Waals surface area contributed by atoms with Crippen molar-refractivity contribution in [2.75, 3.05) is 39.0 Å². The Labute approximate surface area is 193 Å². The zero-order chi connectivity index (χ0) is 22.5. The van der Waals surface area contributed by atoms with Crippen LogP contribution in [0.15, 0.2) is 47.9 Å². The third-order valence-electron chi connectivity index (χ3n) is 5.92. The third-order valence-corrected chi connectivity index (χ3v) is 6.84. The summed E-state index contributed by atoms with van der Waals surface area (Å²) in [5.74, 6) is 1.26. The van der Waals surface area contributed by atoms with Crippen molar-refractivity contribution in [3.63, 3.8) is 0 Å². The van der Waals surface area contributed by atoms with Crippen molar-refractivity contribution in [1.82, 2.24) is 29.5 Å². The molecule has 4 rings (SSSR count). The molecule has 7 nitrogen and oxygen atoms in total. The van der Waals surface area contributed by atoms with E-state index < -0.39 is 0 Å². The minimum atomic E-state index is 0.153. The Kier molecular flexibility index (Phi) is 7.22. The highest BCUT2D eigenvalue weighted by Gasteiger charge is 2.23. The number of nitrogens with zero attached hydrogens (tertiary/aromatic N) is 6. The summed E-state index contributed by atoms with van der Waals surface area (Å²) in [6.45, 7) is 7.72. The smallest absolute Gasteiger partial charge is 0.233 e. The molecule has 3 heterocycles. The summed E-state index contributed by atoms with van der Waals surface area (Å²) in [4.78, 5) is 21.4. The van der Waals surface area contributed by atoms with E-state index in [1.54, 1.807) is 6.20 Å². The molecule has 0 aliphatic carbocycles. The van der Waals surface area contributed by atoms with Crippen LogP contribution in [0, 0.1) is 0 Å². The molecule has 1 amide bonds. The lowest BCUT2D eigenvalue weighted by Gasteiger charge is -2.32. The molecule has 0 bridgehead atoms. The highest BCUT2D eigenvalue weighted by atomic mass is 32.2. The number of piperazine rings is 1. The van der Waals surface area contributed by atoms with Gasteiger partial charge in [-0.15, -0.1) is 10.2 Å². The van der Waals surface area contributed by atoms with E-state index in [9.17, 15) is 4.79 Å². The number of para-hydroxylation sites is 1. The van der Waals surface area contributed by atoms with Crippen molar-refractivity contribution < 1.29 is 4.79 Å². The van der Waals surface area contributed by atoms with Crippen LogP contribution < -0.4 is 0 Å². The predicted molar refractivity (Wildman–Crippen MR) is 128 cm³/mol. The molecule has 8 heteroatoms. The Balaban J connectivity index is 1.70. The van der Waals surface area contributed by atoms with Gasteiger partial charge in [-0.05, 0) is 43.1 Å². The Morgan fingerprint density at radius 3 is 2.34 bits per heavy atom. The Hall–Kier alpha value is -2.71. The highest BCUT2D eigenvalue weighted by Crippen LogP contribution is 2.32. The first-order chi connectivity index (χ1) is 15.6. The van der Waals surface area contributed by atoms with Gasteiger partial charge in [-0.25, -0.2) is 0 Å². The number of amides is 1. The molecule has 1 aliphatic rings. The minimum Gasteiger partial charge on any atom is -0.339 e. The second kappa shape index (κ2) is 10.3. The molecular weight excluding hydrogens is 420 g/mol. The molecule has 1 aromatic carbocycles. The SMILES string of the molecule is CCc1cccc(CC)c1-n1c(SCC(=O)N2CCN(C)CC2)nnc1-c1cccnc1. The summed E-state index contributed by atoms with van der Waals surface area (Å²) < 4.78 is 2.12. The summed E-state index contributed by atoms with van der Waals surface area (Å²) in [6, 6.07) is 10.3. The first-order valence-corrected chi connectivity index (χ1v) is 12.2. The number of rotatable bonds is 7. The minimum absolute atomic E-state index is 0.153. The van der Waals surface area contributed by atoms with Gasteiger partial charge >= 0.3 is 0 Å². The number of aromatic nitrogens is 4. The fourth-order valence-corrected chi connectivity index (χ4v) is 4.86. The van der Waals surface area contributed by atoms with Gasteiger partial charge in [0.15, 0.2) is 11.0 Å². The molecular formula is C24H30N6OS. The number of benzene rings is 1. The summed E-state index contributed by atoms with van der Waals surface area (Å²) in [7, 11) is 2.09. The molecule has 1 fully saturated rings. The van der Waals surface area contributed by atoms with Crippen LogP contribution in [-0.4, -0.2) is 74.4 Å². The summed E-state index contributed by atoms with van der Waals surface area (Å²) in [5, 5.41) is 9.79. The maximum atomic E-state index is 12.9. The van der Waals surface area contributed by atoms with Gasteiger partial charge in [-0.2, -0.15) is 0 Å². The van der Waals surface area contributed by atoms with E-state index in [0.717, 1.165) is 61.3 Å². The van der Waals surface area contributed by atoms with E-state index in [0.29, 0.717) is 5.75 Å². The largest absolute Gasteiger partial charge is 0.339 e. The van der Waals surface area contributed by atoms with Gasteiger partial charge in [0.05, 0.1) is 11.4 Å². The average Bonchev–Trinajstić information content (AvgIpc) is 3.26. The fraction of sp³-hybridized carbons (Fsp3) is 0.417. The normalized spacial score (nSPS) is 14.7. The molecule has 1 aliphatic heterocycles. The standard InChI is InChI=1S/C24H30N6OS/c1-4-18-8-6-9-19(5-2)22(18)30-23(20-10-7-11-25-16-20)26-27-24(30)32-17-21(31)29-14-12-28(3)13-15-29/h6-11,16H,4-5,12-15,17H2,1-3H3. The van der Waals surface area contributed by atoms with E-state index in [-0.39, 0.29) is 5.91 Å². The Morgan fingerprint density at radius 2 is 1.72 bits per heavy atom. The van der Waals surface area contributed by atoms with Crippen LogP contribution in [0.5, 0.6) is 0 Å². The lowest BCUT2D eigenvalue weighted by atomic mass is 10.0. The summed E-state index contributed by atoms with van der Waals surface area (Å²) >= 11 is 1.46. The van der Waals surface area contributed by atoms with Crippen LogP contribution in [0.3, 0.4) is 0 Å². The zero-order valence-corrected chi connectivity index (χ0v) is 19.8. The van der Waals surface area contributed by atoms with Gasteiger partial charge in [-0.3, -0.25) is 14.3 Å². The topological polar surface area (TPSA) is 67.2 Å². The number of hydrogen-bond donors (Lipinski definition) is 0. The van der Waals surface area contributed by atoms with Gasteiger partial charge < -0.3 is 9.80 Å². The van der Waals surface area contributed by atoms with Gasteiger partial charge in [-0.1, -0.05) is 43.8 Å². The van der Waals surface area contributed by atoms with Gasteiger partial charge in [0.2, 0.25) is 5.91 Å². The molecule has 0 atom stereocenters. The Morgan fingerprint density at radius 1 is 1.00 bits per heavy atom. The Bertz CT molecular complexity index is 1040. The van der Waals surface area contributed by atoms with Gasteiger partial charge in [0.25, 0.3) is 0 Å². The van der Waals surface area contributed by atoms with Crippen LogP contribution in [0.4, 0.5) is 0 Å². The molecule has 0 radical (unpaired) electrons. The maximum Gasteiger partial charge on any atom is 0.233 e. The summed E-state index contributed by atoms with van der Waals surface area (Å²) in [6.07, 6.45) is 5.37. The van der Waals surface area contributed by atoms with Crippen molar-refractivity contribution in [3.8, 4) is 17.1 Å². The lowest BCUT2D eigenvalue weighted by molar-refractivity contribution is -0.129. The van der Waals surface area contributed by atoms with Crippen molar-refractivity contribution in [1.29, 1.82) is 0 Å². The number of likely N-dealkylation sites (N-methyl/N-ethyl adjacent to an activating group) is 1. The number of aryl methyl sites for hydroxylation is 2. The second-order valence-corrected chi connectivity index (χ2v) is 8.93. The number of carbonyl (C=O) groups excluding carboxylic acids is 1. The van der Waals surface area contributed by atoms with E-state index in [2.05, 4.69) is 63.7 Å². The second-order valence-electron chi connectivity index (χ2n) is 7.99.